The van der Waals surface area contributed by atoms with Crippen molar-refractivity contribution in [3.8, 4) is 0 Å². The van der Waals surface area contributed by atoms with Crippen LogP contribution in [0, 0.1) is 6.92 Å². The van der Waals surface area contributed by atoms with Crippen molar-refractivity contribution >= 4 is 35.0 Å². The fraction of sp³-hybridized carbons (Fsp3) is 0.500. The second kappa shape index (κ2) is 6.90. The maximum atomic E-state index is 12.3. The number of β-amino-alcohol motifs (C(OH)–C–C–N with tert-alkyl or cyclic N) is 1. The van der Waals surface area contributed by atoms with E-state index in [9.17, 15) is 9.90 Å². The lowest BCUT2D eigenvalue weighted by Crippen LogP contribution is -2.46. The van der Waals surface area contributed by atoms with E-state index in [0.717, 1.165) is 6.42 Å². The second-order valence-corrected chi connectivity index (χ2v) is 7.45. The zero-order valence-corrected chi connectivity index (χ0v) is 14.4. The number of aliphatic hydroxyl groups excluding tert-OH is 1. The molecule has 9 heteroatoms. The first kappa shape index (κ1) is 16.3. The molecule has 0 spiro atoms. The van der Waals surface area contributed by atoms with Crippen molar-refractivity contribution < 1.29 is 9.90 Å². The highest BCUT2D eigenvalue weighted by atomic mass is 32.2. The highest BCUT2D eigenvalue weighted by Gasteiger charge is 2.32. The lowest BCUT2D eigenvalue weighted by atomic mass is 9.91. The van der Waals surface area contributed by atoms with Crippen LogP contribution in [0.4, 0.5) is 5.95 Å². The number of thiophene rings is 1. The monoisotopic (exact) mass is 353 g/mol. The second-order valence-electron chi connectivity index (χ2n) is 5.56. The van der Waals surface area contributed by atoms with Gasteiger partial charge in [-0.1, -0.05) is 11.8 Å². The quantitative estimate of drug-likeness (QED) is 0.714. The number of nitrogens with two attached hydrogens (primary N) is 1. The third-order valence-corrected chi connectivity index (χ3v) is 5.96. The number of anilines is 1. The number of likely N-dealkylation sites (tertiary alicyclic amines) is 1. The largest absolute Gasteiger partial charge is 0.391 e. The number of piperidine rings is 1. The first-order valence-electron chi connectivity index (χ1n) is 7.35. The SMILES string of the molecule is Cc1ccsc1[C@@H]1CCN(C(=O)CSc2n[nH]c(N)n2)C[C@H]1O. The summed E-state index contributed by atoms with van der Waals surface area (Å²) in [5, 5.41) is 19.4. The molecular weight excluding hydrogens is 334 g/mol. The van der Waals surface area contributed by atoms with Crippen LogP contribution in [-0.4, -0.2) is 56.0 Å². The van der Waals surface area contributed by atoms with E-state index in [1.165, 1.54) is 22.2 Å². The number of carbonyl (C=O) groups is 1. The number of thioether (sulfide) groups is 1. The Morgan fingerprint density at radius 3 is 3.09 bits per heavy atom. The Hall–Kier alpha value is -1.58. The highest BCUT2D eigenvalue weighted by molar-refractivity contribution is 7.99. The van der Waals surface area contributed by atoms with Gasteiger partial charge in [0.25, 0.3) is 0 Å². The molecule has 0 bridgehead atoms. The minimum atomic E-state index is -0.519. The summed E-state index contributed by atoms with van der Waals surface area (Å²) in [6, 6.07) is 2.07. The lowest BCUT2D eigenvalue weighted by molar-refractivity contribution is -0.131. The summed E-state index contributed by atoms with van der Waals surface area (Å²) in [5.41, 5.74) is 6.67. The smallest absolute Gasteiger partial charge is 0.233 e. The molecule has 3 heterocycles. The number of nitrogen functional groups attached to an aromatic ring is 1. The maximum absolute atomic E-state index is 12.3. The van der Waals surface area contributed by atoms with Crippen LogP contribution in [0.3, 0.4) is 0 Å². The van der Waals surface area contributed by atoms with Crippen molar-refractivity contribution in [3.63, 3.8) is 0 Å². The Bertz CT molecular complexity index is 686. The topological polar surface area (TPSA) is 108 Å². The molecule has 1 fully saturated rings. The van der Waals surface area contributed by atoms with Crippen LogP contribution in [0.5, 0.6) is 0 Å². The molecule has 1 aliphatic heterocycles. The molecular formula is C14H19N5O2S2. The number of nitrogens with zero attached hydrogens (tertiary/aromatic N) is 3. The Kier molecular flexibility index (Phi) is 4.88. The van der Waals surface area contributed by atoms with E-state index < -0.39 is 6.10 Å². The zero-order chi connectivity index (χ0) is 16.4. The van der Waals surface area contributed by atoms with Crippen LogP contribution in [0.2, 0.25) is 0 Å². The van der Waals surface area contributed by atoms with Gasteiger partial charge in [-0.2, -0.15) is 4.98 Å². The Morgan fingerprint density at radius 2 is 2.48 bits per heavy atom. The van der Waals surface area contributed by atoms with Gasteiger partial charge < -0.3 is 15.7 Å². The number of nitrogens with one attached hydrogen (secondary N) is 1. The van der Waals surface area contributed by atoms with Crippen molar-refractivity contribution in [2.75, 3.05) is 24.6 Å². The van der Waals surface area contributed by atoms with Crippen LogP contribution in [0.15, 0.2) is 16.6 Å². The molecule has 0 unspecified atom stereocenters. The molecule has 2 aromatic rings. The number of amides is 1. The average molecular weight is 353 g/mol. The van der Waals surface area contributed by atoms with Gasteiger partial charge in [0.05, 0.1) is 11.9 Å². The molecule has 23 heavy (non-hydrogen) atoms. The Morgan fingerprint density at radius 1 is 1.65 bits per heavy atom. The predicted molar refractivity (Wildman–Crippen MR) is 90.5 cm³/mol. The van der Waals surface area contributed by atoms with Crippen molar-refractivity contribution in [2.24, 2.45) is 0 Å². The van der Waals surface area contributed by atoms with Crippen molar-refractivity contribution in [1.29, 1.82) is 0 Å². The number of aromatic nitrogens is 3. The highest BCUT2D eigenvalue weighted by Crippen LogP contribution is 2.34. The number of carbonyl (C=O) groups excluding carboxylic acids is 1. The molecule has 0 radical (unpaired) electrons. The van der Waals surface area contributed by atoms with E-state index >= 15 is 0 Å². The number of H-pyrrole nitrogens is 1. The number of aryl methyl sites for hydroxylation is 1. The number of hydrogen-bond donors (Lipinski definition) is 3. The van der Waals surface area contributed by atoms with E-state index in [2.05, 4.69) is 28.2 Å². The molecule has 0 saturated carbocycles. The molecule has 1 saturated heterocycles. The van der Waals surface area contributed by atoms with Gasteiger partial charge in [-0.3, -0.25) is 4.79 Å². The van der Waals surface area contributed by atoms with Gasteiger partial charge in [0.15, 0.2) is 0 Å². The summed E-state index contributed by atoms with van der Waals surface area (Å²) in [4.78, 5) is 19.2. The van der Waals surface area contributed by atoms with Crippen LogP contribution in [0.25, 0.3) is 0 Å². The standard InChI is InChI=1S/C14H19N5O2S2/c1-8-3-5-22-12(8)9-2-4-19(6-10(9)20)11(21)7-23-14-16-13(15)17-18-14/h3,5,9-10,20H,2,4,6-7H2,1H3,(H3,15,16,17,18)/t9-,10-/m1/s1. The fourth-order valence-corrected chi connectivity index (χ4v) is 4.60. The third kappa shape index (κ3) is 3.67. The summed E-state index contributed by atoms with van der Waals surface area (Å²) in [5.74, 6) is 0.591. The molecule has 3 rings (SSSR count). The molecule has 0 aromatic carbocycles. The lowest BCUT2D eigenvalue weighted by Gasteiger charge is -2.35. The van der Waals surface area contributed by atoms with E-state index in [-0.39, 0.29) is 23.5 Å². The average Bonchev–Trinajstić information content (AvgIpc) is 3.13. The Balaban J connectivity index is 1.54. The van der Waals surface area contributed by atoms with Gasteiger partial charge in [0.1, 0.15) is 0 Å². The molecule has 0 aliphatic carbocycles. The van der Waals surface area contributed by atoms with Crippen molar-refractivity contribution in [1.82, 2.24) is 20.1 Å². The number of rotatable bonds is 4. The van der Waals surface area contributed by atoms with Crippen LogP contribution >= 0.6 is 23.1 Å². The third-order valence-electron chi connectivity index (χ3n) is 3.98. The van der Waals surface area contributed by atoms with Gasteiger partial charge in [-0.05, 0) is 30.4 Å². The van der Waals surface area contributed by atoms with E-state index in [1.54, 1.807) is 16.2 Å². The molecule has 2 atom stereocenters. The molecule has 7 nitrogen and oxygen atoms in total. The summed E-state index contributed by atoms with van der Waals surface area (Å²) >= 11 is 2.92. The van der Waals surface area contributed by atoms with Crippen LogP contribution in [0.1, 0.15) is 22.8 Å². The Labute approximate surface area is 142 Å². The normalized spacial score (nSPS) is 21.6. The van der Waals surface area contributed by atoms with Crippen LogP contribution in [-0.2, 0) is 4.79 Å². The minimum absolute atomic E-state index is 0.0150. The van der Waals surface area contributed by atoms with E-state index in [1.807, 2.05) is 5.38 Å². The van der Waals surface area contributed by atoms with Gasteiger partial charge in [0, 0.05) is 23.9 Å². The van der Waals surface area contributed by atoms with E-state index in [4.69, 9.17) is 5.73 Å². The zero-order valence-electron chi connectivity index (χ0n) is 12.7. The predicted octanol–water partition coefficient (Wildman–Crippen LogP) is 1.23. The summed E-state index contributed by atoms with van der Waals surface area (Å²) < 4.78 is 0. The first-order chi connectivity index (χ1) is 11.0. The van der Waals surface area contributed by atoms with Gasteiger partial charge in [0.2, 0.25) is 17.0 Å². The van der Waals surface area contributed by atoms with Crippen molar-refractivity contribution in [2.45, 2.75) is 30.5 Å². The first-order valence-corrected chi connectivity index (χ1v) is 9.21. The molecule has 1 aliphatic rings. The van der Waals surface area contributed by atoms with E-state index in [0.29, 0.717) is 18.2 Å². The molecule has 124 valence electrons. The maximum Gasteiger partial charge on any atom is 0.233 e. The molecule has 2 aromatic heterocycles. The number of hydrogen-bond acceptors (Lipinski definition) is 7. The van der Waals surface area contributed by atoms with Gasteiger partial charge >= 0.3 is 0 Å². The molecule has 1 amide bonds. The van der Waals surface area contributed by atoms with Crippen LogP contribution < -0.4 is 5.73 Å². The fourth-order valence-electron chi connectivity index (χ4n) is 2.77. The molecule has 4 N–H and O–H groups in total. The summed E-state index contributed by atoms with van der Waals surface area (Å²) in [6.45, 7) is 3.10. The minimum Gasteiger partial charge on any atom is -0.391 e. The van der Waals surface area contributed by atoms with Gasteiger partial charge in [-0.15, -0.1) is 16.4 Å². The number of aliphatic hydroxyl groups is 1. The van der Waals surface area contributed by atoms with Gasteiger partial charge in [-0.25, -0.2) is 5.10 Å². The number of aromatic amines is 1. The summed E-state index contributed by atoms with van der Waals surface area (Å²) in [7, 11) is 0. The van der Waals surface area contributed by atoms with Crippen molar-refractivity contribution in [3.05, 3.63) is 21.9 Å². The summed E-state index contributed by atoms with van der Waals surface area (Å²) in [6.07, 6.45) is 0.265.